The predicted molar refractivity (Wildman–Crippen MR) is 75.0 cm³/mol. The van der Waals surface area contributed by atoms with E-state index < -0.39 is 0 Å². The highest BCUT2D eigenvalue weighted by molar-refractivity contribution is 5.96. The molecule has 1 aromatic carbocycles. The van der Waals surface area contributed by atoms with Gasteiger partial charge in [0.2, 0.25) is 0 Å². The van der Waals surface area contributed by atoms with Crippen LogP contribution in [0.2, 0.25) is 0 Å². The van der Waals surface area contributed by atoms with Gasteiger partial charge >= 0.3 is 0 Å². The lowest BCUT2D eigenvalue weighted by Crippen LogP contribution is -2.27. The molecule has 18 heavy (non-hydrogen) atoms. The summed E-state index contributed by atoms with van der Waals surface area (Å²) < 4.78 is 0. The Hall–Kier alpha value is -1.51. The Bertz CT molecular complexity index is 442. The minimum absolute atomic E-state index is 0.0592. The van der Waals surface area contributed by atoms with Gasteiger partial charge in [0.05, 0.1) is 0 Å². The quantitative estimate of drug-likeness (QED) is 0.838. The normalized spacial score (nSPS) is 21.5. The van der Waals surface area contributed by atoms with E-state index in [0.717, 1.165) is 36.2 Å². The Morgan fingerprint density at radius 2 is 2.17 bits per heavy atom. The third-order valence-electron chi connectivity index (χ3n) is 3.48. The van der Waals surface area contributed by atoms with Crippen LogP contribution in [0.5, 0.6) is 0 Å². The third-order valence-corrected chi connectivity index (χ3v) is 3.48. The van der Waals surface area contributed by atoms with E-state index in [4.69, 9.17) is 0 Å². The van der Waals surface area contributed by atoms with Crippen molar-refractivity contribution in [3.63, 3.8) is 0 Å². The number of carbonyl (C=O) groups is 1. The van der Waals surface area contributed by atoms with Crippen LogP contribution >= 0.6 is 0 Å². The predicted octanol–water partition coefficient (Wildman–Crippen LogP) is 2.96. The summed E-state index contributed by atoms with van der Waals surface area (Å²) in [4.78, 5) is 12.1. The minimum Gasteiger partial charge on any atom is -0.385 e. The average molecular weight is 246 g/mol. The molecule has 2 unspecified atom stereocenters. The lowest BCUT2D eigenvalue weighted by Gasteiger charge is -2.10. The van der Waals surface area contributed by atoms with Crippen LogP contribution in [0, 0.1) is 12.8 Å². The van der Waals surface area contributed by atoms with Crippen molar-refractivity contribution < 1.29 is 4.79 Å². The van der Waals surface area contributed by atoms with E-state index in [2.05, 4.69) is 24.5 Å². The summed E-state index contributed by atoms with van der Waals surface area (Å²) in [6, 6.07) is 6.32. The van der Waals surface area contributed by atoms with Crippen molar-refractivity contribution in [3.8, 4) is 0 Å². The molecule has 0 aliphatic heterocycles. The second kappa shape index (κ2) is 5.42. The van der Waals surface area contributed by atoms with Gasteiger partial charge in [0, 0.05) is 23.8 Å². The van der Waals surface area contributed by atoms with Gasteiger partial charge in [0.1, 0.15) is 0 Å². The van der Waals surface area contributed by atoms with Gasteiger partial charge in [0.25, 0.3) is 5.91 Å². The van der Waals surface area contributed by atoms with Gasteiger partial charge in [-0.1, -0.05) is 13.8 Å². The van der Waals surface area contributed by atoms with Crippen molar-refractivity contribution in [1.29, 1.82) is 0 Å². The van der Waals surface area contributed by atoms with E-state index >= 15 is 0 Å². The van der Waals surface area contributed by atoms with Crippen molar-refractivity contribution in [1.82, 2.24) is 5.32 Å². The molecular weight excluding hydrogens is 224 g/mol. The van der Waals surface area contributed by atoms with Crippen LogP contribution < -0.4 is 10.6 Å². The highest BCUT2D eigenvalue weighted by Crippen LogP contribution is 2.29. The first kappa shape index (κ1) is 12.9. The molecule has 0 heterocycles. The number of benzene rings is 1. The van der Waals surface area contributed by atoms with Crippen molar-refractivity contribution in [2.45, 2.75) is 39.7 Å². The first-order chi connectivity index (χ1) is 8.61. The molecule has 1 aromatic rings. The van der Waals surface area contributed by atoms with Gasteiger partial charge in [0.15, 0.2) is 0 Å². The van der Waals surface area contributed by atoms with Crippen LogP contribution in [0.1, 0.15) is 42.6 Å². The summed E-state index contributed by atoms with van der Waals surface area (Å²) in [6.07, 6.45) is 2.21. The zero-order chi connectivity index (χ0) is 13.1. The first-order valence-corrected chi connectivity index (χ1v) is 6.77. The molecule has 1 aliphatic carbocycles. The summed E-state index contributed by atoms with van der Waals surface area (Å²) >= 11 is 0. The number of anilines is 1. The molecule has 3 heteroatoms. The van der Waals surface area contributed by atoms with Crippen LogP contribution in [-0.4, -0.2) is 18.5 Å². The Kier molecular flexibility index (Phi) is 3.90. The molecule has 1 amide bonds. The number of hydrogen-bond donors (Lipinski definition) is 2. The standard InChI is InChI=1S/C15H22N2O/c1-4-7-16-12-5-6-13(10(2)8-12)15(18)17-14-9-11(14)3/h5-6,8,11,14,16H,4,7,9H2,1-3H3,(H,17,18). The topological polar surface area (TPSA) is 41.1 Å². The maximum absolute atomic E-state index is 12.1. The highest BCUT2D eigenvalue weighted by Gasteiger charge is 2.34. The molecule has 0 radical (unpaired) electrons. The van der Waals surface area contributed by atoms with Gasteiger partial charge in [-0.05, 0) is 49.4 Å². The Labute approximate surface area is 109 Å². The molecule has 2 rings (SSSR count). The molecule has 0 saturated heterocycles. The smallest absolute Gasteiger partial charge is 0.251 e. The summed E-state index contributed by atoms with van der Waals surface area (Å²) in [5.41, 5.74) is 2.91. The number of nitrogens with one attached hydrogen (secondary N) is 2. The maximum Gasteiger partial charge on any atom is 0.251 e. The maximum atomic E-state index is 12.1. The van der Waals surface area contributed by atoms with Crippen molar-refractivity contribution in [2.75, 3.05) is 11.9 Å². The van der Waals surface area contributed by atoms with Gasteiger partial charge in [-0.25, -0.2) is 0 Å². The van der Waals surface area contributed by atoms with Gasteiger partial charge < -0.3 is 10.6 Å². The Morgan fingerprint density at radius 1 is 1.44 bits per heavy atom. The second-order valence-electron chi connectivity index (χ2n) is 5.25. The van der Waals surface area contributed by atoms with Gasteiger partial charge in [-0.2, -0.15) is 0 Å². The van der Waals surface area contributed by atoms with E-state index in [0.29, 0.717) is 12.0 Å². The summed E-state index contributed by atoms with van der Waals surface area (Å²) in [7, 11) is 0. The Balaban J connectivity index is 2.02. The molecule has 1 saturated carbocycles. The van der Waals surface area contributed by atoms with E-state index in [-0.39, 0.29) is 5.91 Å². The Morgan fingerprint density at radius 3 is 2.72 bits per heavy atom. The molecule has 1 aliphatic rings. The van der Waals surface area contributed by atoms with Crippen LogP contribution in [0.15, 0.2) is 18.2 Å². The van der Waals surface area contributed by atoms with Crippen molar-refractivity contribution in [3.05, 3.63) is 29.3 Å². The summed E-state index contributed by atoms with van der Waals surface area (Å²) in [6.45, 7) is 7.25. The number of aryl methyl sites for hydroxylation is 1. The average Bonchev–Trinajstić information content (AvgIpc) is 3.02. The molecule has 98 valence electrons. The fraction of sp³-hybridized carbons (Fsp3) is 0.533. The summed E-state index contributed by atoms with van der Waals surface area (Å²) in [5, 5.41) is 6.39. The monoisotopic (exact) mass is 246 g/mol. The second-order valence-corrected chi connectivity index (χ2v) is 5.25. The van der Waals surface area contributed by atoms with Crippen LogP contribution in [0.3, 0.4) is 0 Å². The van der Waals surface area contributed by atoms with E-state index in [9.17, 15) is 4.79 Å². The van der Waals surface area contributed by atoms with Crippen molar-refractivity contribution >= 4 is 11.6 Å². The zero-order valence-electron chi connectivity index (χ0n) is 11.4. The molecule has 1 fully saturated rings. The van der Waals surface area contributed by atoms with Crippen LogP contribution in [0.25, 0.3) is 0 Å². The molecule has 2 atom stereocenters. The zero-order valence-corrected chi connectivity index (χ0v) is 11.4. The number of hydrogen-bond acceptors (Lipinski definition) is 2. The molecular formula is C15H22N2O. The lowest BCUT2D eigenvalue weighted by atomic mass is 10.1. The largest absolute Gasteiger partial charge is 0.385 e. The van der Waals surface area contributed by atoms with Crippen molar-refractivity contribution in [2.24, 2.45) is 5.92 Å². The van der Waals surface area contributed by atoms with E-state index in [1.807, 2.05) is 25.1 Å². The SMILES string of the molecule is CCCNc1ccc(C(=O)NC2CC2C)c(C)c1. The summed E-state index contributed by atoms with van der Waals surface area (Å²) in [5.74, 6) is 0.698. The fourth-order valence-corrected chi connectivity index (χ4v) is 2.07. The van der Waals surface area contributed by atoms with Crippen LogP contribution in [-0.2, 0) is 0 Å². The molecule has 2 N–H and O–H groups in total. The number of carbonyl (C=O) groups excluding carboxylic acids is 1. The lowest BCUT2D eigenvalue weighted by molar-refractivity contribution is 0.0949. The molecule has 3 nitrogen and oxygen atoms in total. The van der Waals surface area contributed by atoms with E-state index in [1.54, 1.807) is 0 Å². The van der Waals surface area contributed by atoms with E-state index in [1.165, 1.54) is 0 Å². The van der Waals surface area contributed by atoms with Gasteiger partial charge in [-0.3, -0.25) is 4.79 Å². The third kappa shape index (κ3) is 3.03. The fourth-order valence-electron chi connectivity index (χ4n) is 2.07. The van der Waals surface area contributed by atoms with Crippen LogP contribution in [0.4, 0.5) is 5.69 Å². The molecule has 0 aromatic heterocycles. The minimum atomic E-state index is 0.0592. The van der Waals surface area contributed by atoms with Gasteiger partial charge in [-0.15, -0.1) is 0 Å². The highest BCUT2D eigenvalue weighted by atomic mass is 16.1. The number of amides is 1. The molecule has 0 bridgehead atoms. The molecule has 0 spiro atoms. The first-order valence-electron chi connectivity index (χ1n) is 6.77. The number of rotatable bonds is 5.